The van der Waals surface area contributed by atoms with Crippen LogP contribution in [0.15, 0.2) is 18.3 Å². The molecule has 0 unspecified atom stereocenters. The van der Waals surface area contributed by atoms with Crippen molar-refractivity contribution < 1.29 is 32.6 Å². The molecule has 19 heavy (non-hydrogen) atoms. The number of anilines is 1. The Bertz CT molecular complexity index is 476. The Balaban J connectivity index is 2.56. The number of aromatic nitrogens is 1. The third kappa shape index (κ3) is 5.34. The van der Waals surface area contributed by atoms with Crippen LogP contribution in [0.25, 0.3) is 0 Å². The molecule has 2 N–H and O–H groups in total. The molecule has 0 aliphatic rings. The van der Waals surface area contributed by atoms with Gasteiger partial charge in [0.15, 0.2) is 5.69 Å². The van der Waals surface area contributed by atoms with E-state index in [0.717, 1.165) is 0 Å². The number of alkyl halides is 3. The monoisotopic (exact) mass is 278 g/mol. The van der Waals surface area contributed by atoms with E-state index in [9.17, 15) is 22.8 Å². The van der Waals surface area contributed by atoms with Crippen molar-refractivity contribution in [2.24, 2.45) is 0 Å². The second-order valence-corrected chi connectivity index (χ2v) is 3.36. The van der Waals surface area contributed by atoms with Gasteiger partial charge in [0.1, 0.15) is 13.2 Å². The smallest absolute Gasteiger partial charge is 0.411 e. The van der Waals surface area contributed by atoms with Gasteiger partial charge in [0.25, 0.3) is 0 Å². The maximum Gasteiger partial charge on any atom is 0.411 e. The average Bonchev–Trinajstić information content (AvgIpc) is 2.27. The minimum absolute atomic E-state index is 0.115. The number of carboxylic acids is 1. The Hall–Kier alpha value is -2.16. The van der Waals surface area contributed by atoms with Gasteiger partial charge >= 0.3 is 12.1 Å². The van der Waals surface area contributed by atoms with Crippen molar-refractivity contribution in [1.82, 2.24) is 4.98 Å². The molecule has 0 atom stereocenters. The molecule has 0 saturated carbocycles. The van der Waals surface area contributed by atoms with E-state index >= 15 is 0 Å². The summed E-state index contributed by atoms with van der Waals surface area (Å²) in [5.41, 5.74) is -0.526. The highest BCUT2D eigenvalue weighted by Crippen LogP contribution is 2.15. The molecule has 0 fully saturated rings. The van der Waals surface area contributed by atoms with E-state index in [4.69, 9.17) is 5.11 Å². The normalized spacial score (nSPS) is 11.1. The first-order valence-corrected chi connectivity index (χ1v) is 4.92. The van der Waals surface area contributed by atoms with E-state index in [1.165, 1.54) is 18.3 Å². The molecule has 0 spiro atoms. The summed E-state index contributed by atoms with van der Waals surface area (Å²) in [6, 6.07) is 2.64. The van der Waals surface area contributed by atoms with Crippen molar-refractivity contribution in [2.75, 3.05) is 18.5 Å². The molecule has 1 rings (SSSR count). The minimum Gasteiger partial charge on any atom is -0.476 e. The molecule has 0 aromatic carbocycles. The van der Waals surface area contributed by atoms with Crippen LogP contribution in [0.4, 0.5) is 18.9 Å². The van der Waals surface area contributed by atoms with E-state index in [-0.39, 0.29) is 5.69 Å². The van der Waals surface area contributed by atoms with Gasteiger partial charge in [-0.25, -0.2) is 9.78 Å². The fourth-order valence-corrected chi connectivity index (χ4v) is 1.12. The van der Waals surface area contributed by atoms with Crippen LogP contribution in [0.5, 0.6) is 0 Å². The molecule has 1 heterocycles. The second kappa shape index (κ2) is 6.14. The number of carbonyl (C=O) groups excluding carboxylic acids is 1. The molecule has 0 aliphatic carbocycles. The van der Waals surface area contributed by atoms with E-state index in [0.29, 0.717) is 0 Å². The van der Waals surface area contributed by atoms with Gasteiger partial charge in [0.2, 0.25) is 5.91 Å². The van der Waals surface area contributed by atoms with Gasteiger partial charge in [0, 0.05) is 6.20 Å². The molecule has 0 aliphatic heterocycles. The van der Waals surface area contributed by atoms with E-state index in [2.05, 4.69) is 15.0 Å². The molecule has 0 bridgehead atoms. The van der Waals surface area contributed by atoms with Gasteiger partial charge in [-0.3, -0.25) is 4.79 Å². The molecule has 0 saturated heterocycles. The van der Waals surface area contributed by atoms with Crippen LogP contribution in [-0.4, -0.2) is 41.4 Å². The fraction of sp³-hybridized carbons (Fsp3) is 0.300. The lowest BCUT2D eigenvalue weighted by atomic mass is 10.3. The first-order chi connectivity index (χ1) is 8.79. The van der Waals surface area contributed by atoms with Crippen molar-refractivity contribution in [2.45, 2.75) is 6.18 Å². The van der Waals surface area contributed by atoms with Gasteiger partial charge in [-0.1, -0.05) is 0 Å². The van der Waals surface area contributed by atoms with Gasteiger partial charge < -0.3 is 15.2 Å². The predicted octanol–water partition coefficient (Wildman–Crippen LogP) is 1.30. The number of nitrogens with one attached hydrogen (secondary N) is 1. The highest BCUT2D eigenvalue weighted by Gasteiger charge is 2.27. The molecular formula is C10H9F3N2O4. The maximum absolute atomic E-state index is 11.8. The van der Waals surface area contributed by atoms with Crippen LogP contribution >= 0.6 is 0 Å². The first kappa shape index (κ1) is 14.9. The Morgan fingerprint density at radius 2 is 2.11 bits per heavy atom. The van der Waals surface area contributed by atoms with Crippen LogP contribution in [0.3, 0.4) is 0 Å². The summed E-state index contributed by atoms with van der Waals surface area (Å²) in [5.74, 6) is -2.27. The lowest BCUT2D eigenvalue weighted by molar-refractivity contribution is -0.174. The highest BCUT2D eigenvalue weighted by atomic mass is 19.4. The number of rotatable bonds is 5. The quantitative estimate of drug-likeness (QED) is 0.847. The number of halogens is 3. The molecule has 0 radical (unpaired) electrons. The molecule has 1 aromatic heterocycles. The third-order valence-corrected chi connectivity index (χ3v) is 1.78. The molecule has 104 valence electrons. The summed E-state index contributed by atoms with van der Waals surface area (Å²) in [5, 5.41) is 10.9. The second-order valence-electron chi connectivity index (χ2n) is 3.36. The lowest BCUT2D eigenvalue weighted by Crippen LogP contribution is -2.24. The number of nitrogens with zero attached hydrogens (tertiary/aromatic N) is 1. The van der Waals surface area contributed by atoms with Crippen LogP contribution in [0.1, 0.15) is 10.5 Å². The molecule has 1 aromatic rings. The van der Waals surface area contributed by atoms with Gasteiger partial charge in [-0.2, -0.15) is 13.2 Å². The van der Waals surface area contributed by atoms with Gasteiger partial charge in [-0.15, -0.1) is 0 Å². The topological polar surface area (TPSA) is 88.5 Å². The largest absolute Gasteiger partial charge is 0.476 e. The van der Waals surface area contributed by atoms with E-state index in [1.807, 2.05) is 0 Å². The number of ether oxygens (including phenoxy) is 1. The number of hydrogen-bond donors (Lipinski definition) is 2. The van der Waals surface area contributed by atoms with Crippen LogP contribution in [0, 0.1) is 0 Å². The number of pyridine rings is 1. The van der Waals surface area contributed by atoms with Crippen molar-refractivity contribution in [3.8, 4) is 0 Å². The molecular weight excluding hydrogens is 269 g/mol. The SMILES string of the molecule is O=C(COCC(F)(F)F)Nc1cccnc1C(=O)O. The summed E-state index contributed by atoms with van der Waals surface area (Å²) in [6.07, 6.45) is -3.32. The lowest BCUT2D eigenvalue weighted by Gasteiger charge is -2.09. The Morgan fingerprint density at radius 1 is 1.42 bits per heavy atom. The highest BCUT2D eigenvalue weighted by molar-refractivity contribution is 5.99. The summed E-state index contributed by atoms with van der Waals surface area (Å²) in [7, 11) is 0. The van der Waals surface area contributed by atoms with Crippen molar-refractivity contribution in [1.29, 1.82) is 0 Å². The zero-order valence-electron chi connectivity index (χ0n) is 9.40. The number of carboxylic acid groups (broad SMARTS) is 1. The third-order valence-electron chi connectivity index (χ3n) is 1.78. The van der Waals surface area contributed by atoms with Crippen molar-refractivity contribution >= 4 is 17.6 Å². The van der Waals surface area contributed by atoms with E-state index in [1.54, 1.807) is 0 Å². The Kier molecular flexibility index (Phi) is 4.81. The molecule has 6 nitrogen and oxygen atoms in total. The van der Waals surface area contributed by atoms with Crippen LogP contribution in [-0.2, 0) is 9.53 Å². The number of aromatic carboxylic acids is 1. The van der Waals surface area contributed by atoms with Crippen LogP contribution in [0.2, 0.25) is 0 Å². The van der Waals surface area contributed by atoms with Gasteiger partial charge in [0.05, 0.1) is 5.69 Å². The van der Waals surface area contributed by atoms with Crippen molar-refractivity contribution in [3.05, 3.63) is 24.0 Å². The van der Waals surface area contributed by atoms with Crippen LogP contribution < -0.4 is 5.32 Å². The van der Waals surface area contributed by atoms with Gasteiger partial charge in [-0.05, 0) is 12.1 Å². The Labute approximate surface area is 105 Å². The summed E-state index contributed by atoms with van der Waals surface area (Å²) in [4.78, 5) is 25.5. The predicted molar refractivity (Wildman–Crippen MR) is 56.7 cm³/mol. The van der Waals surface area contributed by atoms with E-state index < -0.39 is 37.0 Å². The number of amides is 1. The first-order valence-electron chi connectivity index (χ1n) is 4.92. The minimum atomic E-state index is -4.53. The zero-order valence-corrected chi connectivity index (χ0v) is 9.40. The standard InChI is InChI=1S/C10H9F3N2O4/c11-10(12,13)5-19-4-7(16)15-6-2-1-3-14-8(6)9(17)18/h1-3H,4-5H2,(H,15,16)(H,17,18). The summed E-state index contributed by atoms with van der Waals surface area (Å²) < 4.78 is 39.4. The summed E-state index contributed by atoms with van der Waals surface area (Å²) in [6.45, 7) is -2.40. The van der Waals surface area contributed by atoms with Crippen molar-refractivity contribution in [3.63, 3.8) is 0 Å². The molecule has 9 heteroatoms. The maximum atomic E-state index is 11.8. The molecule has 1 amide bonds. The average molecular weight is 278 g/mol. The Morgan fingerprint density at radius 3 is 2.68 bits per heavy atom. The zero-order chi connectivity index (χ0) is 14.5. The number of hydrogen-bond acceptors (Lipinski definition) is 4. The summed E-state index contributed by atoms with van der Waals surface area (Å²) >= 11 is 0. The fourth-order valence-electron chi connectivity index (χ4n) is 1.12. The number of carbonyl (C=O) groups is 2.